The molecule has 0 aromatic heterocycles. The summed E-state index contributed by atoms with van der Waals surface area (Å²) in [7, 11) is -6.40. The van der Waals surface area contributed by atoms with E-state index in [0.29, 0.717) is 3.57 Å². The predicted molar refractivity (Wildman–Crippen MR) is 85.7 cm³/mol. The number of rotatable bonds is 4. The van der Waals surface area contributed by atoms with Crippen molar-refractivity contribution in [2.24, 2.45) is 0 Å². The smallest absolute Gasteiger partial charge is 0.334 e. The summed E-state index contributed by atoms with van der Waals surface area (Å²) in [5.74, 6) is -1.56. The van der Waals surface area contributed by atoms with E-state index in [0.717, 1.165) is 11.4 Å². The minimum absolute atomic E-state index is 0.164. The van der Waals surface area contributed by atoms with Crippen molar-refractivity contribution in [1.29, 1.82) is 0 Å². The summed E-state index contributed by atoms with van der Waals surface area (Å²) in [6, 6.07) is -0.0869. The van der Waals surface area contributed by atoms with Crippen molar-refractivity contribution in [3.63, 3.8) is 0 Å². The molecule has 23 heavy (non-hydrogen) atoms. The zero-order valence-corrected chi connectivity index (χ0v) is 15.7. The lowest BCUT2D eigenvalue weighted by atomic mass is 10.2. The summed E-state index contributed by atoms with van der Waals surface area (Å²) >= 11 is 3.34. The van der Waals surface area contributed by atoms with Crippen LogP contribution in [0.1, 0.15) is 10.4 Å². The van der Waals surface area contributed by atoms with E-state index >= 15 is 0 Å². The molecule has 130 valence electrons. The van der Waals surface area contributed by atoms with Crippen molar-refractivity contribution < 1.29 is 39.7 Å². The standard InChI is InChI=1S/C10H6F5I2NO4S/c11-9(12,13)8(10(14,15)23(20,21)22)18-7(19)5-3-4(16)1-2-6(5)17/h1-3,8H,(H,18,19)(H,20,21,22). The van der Waals surface area contributed by atoms with Crippen LogP contribution in [0.3, 0.4) is 0 Å². The van der Waals surface area contributed by atoms with Gasteiger partial charge in [0.15, 0.2) is 0 Å². The molecule has 1 unspecified atom stereocenters. The highest BCUT2D eigenvalue weighted by Gasteiger charge is 2.64. The Morgan fingerprint density at radius 2 is 1.70 bits per heavy atom. The van der Waals surface area contributed by atoms with Gasteiger partial charge < -0.3 is 5.32 Å². The fraction of sp³-hybridized carbons (Fsp3) is 0.300. The normalized spacial score (nSPS) is 14.4. The third-order valence-electron chi connectivity index (χ3n) is 2.46. The van der Waals surface area contributed by atoms with Gasteiger partial charge in [-0.3, -0.25) is 9.35 Å². The van der Waals surface area contributed by atoms with Crippen molar-refractivity contribution >= 4 is 61.2 Å². The van der Waals surface area contributed by atoms with Gasteiger partial charge in [-0.2, -0.15) is 30.4 Å². The zero-order chi connectivity index (χ0) is 18.2. The minimum Gasteiger partial charge on any atom is -0.334 e. The van der Waals surface area contributed by atoms with E-state index in [4.69, 9.17) is 4.55 Å². The molecule has 2 N–H and O–H groups in total. The largest absolute Gasteiger partial charge is 0.415 e. The fourth-order valence-electron chi connectivity index (χ4n) is 1.39. The van der Waals surface area contributed by atoms with E-state index < -0.39 is 33.5 Å². The Bertz CT molecular complexity index is 722. The highest BCUT2D eigenvalue weighted by atomic mass is 127. The number of carbonyl (C=O) groups excluding carboxylic acids is 1. The number of hydrogen-bond acceptors (Lipinski definition) is 3. The SMILES string of the molecule is O=C(NC(C(F)(F)F)C(F)(F)S(=O)(=O)O)c1cc(I)ccc1I. The van der Waals surface area contributed by atoms with Crippen LogP contribution in [-0.2, 0) is 10.1 Å². The van der Waals surface area contributed by atoms with E-state index in [1.807, 2.05) is 0 Å². The van der Waals surface area contributed by atoms with E-state index in [2.05, 4.69) is 0 Å². The Morgan fingerprint density at radius 1 is 1.17 bits per heavy atom. The molecule has 0 saturated carbocycles. The lowest BCUT2D eigenvalue weighted by Crippen LogP contribution is -2.59. The maximum absolute atomic E-state index is 13.4. The van der Waals surface area contributed by atoms with Gasteiger partial charge in [-0.15, -0.1) is 0 Å². The van der Waals surface area contributed by atoms with Crippen LogP contribution < -0.4 is 5.32 Å². The zero-order valence-electron chi connectivity index (χ0n) is 10.5. The van der Waals surface area contributed by atoms with Gasteiger partial charge in [0.1, 0.15) is 0 Å². The Kier molecular flexibility index (Phi) is 6.23. The summed E-state index contributed by atoms with van der Waals surface area (Å²) in [6.45, 7) is 0. The summed E-state index contributed by atoms with van der Waals surface area (Å²) in [5.41, 5.74) is -0.349. The molecule has 1 rings (SSSR count). The first-order valence-corrected chi connectivity index (χ1v) is 8.95. The molecular formula is C10H6F5I2NO4S. The Labute approximate surface area is 154 Å². The number of amides is 1. The number of benzene rings is 1. The van der Waals surface area contributed by atoms with Crippen molar-refractivity contribution in [1.82, 2.24) is 5.32 Å². The summed E-state index contributed by atoms with van der Waals surface area (Å²) in [4.78, 5) is 11.8. The summed E-state index contributed by atoms with van der Waals surface area (Å²) in [5, 5.41) is -4.72. The lowest BCUT2D eigenvalue weighted by Gasteiger charge is -2.27. The molecule has 0 fully saturated rings. The van der Waals surface area contributed by atoms with Gasteiger partial charge >= 0.3 is 21.5 Å². The van der Waals surface area contributed by atoms with Crippen molar-refractivity contribution in [3.8, 4) is 0 Å². The van der Waals surface area contributed by atoms with Crippen LogP contribution >= 0.6 is 45.2 Å². The number of carbonyl (C=O) groups is 1. The Morgan fingerprint density at radius 3 is 2.13 bits per heavy atom. The molecule has 0 aliphatic carbocycles. The quantitative estimate of drug-likeness (QED) is 0.324. The van der Waals surface area contributed by atoms with E-state index in [9.17, 15) is 35.2 Å². The second-order valence-corrected chi connectivity index (χ2v) is 8.01. The van der Waals surface area contributed by atoms with Crippen LogP contribution in [0.15, 0.2) is 18.2 Å². The van der Waals surface area contributed by atoms with Crippen LogP contribution in [0, 0.1) is 7.14 Å². The van der Waals surface area contributed by atoms with Crippen molar-refractivity contribution in [3.05, 3.63) is 30.9 Å². The first-order chi connectivity index (χ1) is 10.2. The summed E-state index contributed by atoms with van der Waals surface area (Å²) in [6.07, 6.45) is -5.82. The third kappa shape index (κ3) is 4.85. The van der Waals surface area contributed by atoms with Crippen LogP contribution in [-0.4, -0.2) is 36.4 Å². The van der Waals surface area contributed by atoms with E-state index in [1.54, 1.807) is 45.2 Å². The average molecular weight is 585 g/mol. The van der Waals surface area contributed by atoms with Gasteiger partial charge in [0.05, 0.1) is 5.56 Å². The molecule has 0 aliphatic rings. The molecule has 0 aliphatic heterocycles. The Balaban J connectivity index is 3.28. The maximum atomic E-state index is 13.4. The molecule has 1 aromatic carbocycles. The van der Waals surface area contributed by atoms with Gasteiger partial charge in [-0.25, -0.2) is 0 Å². The molecule has 0 saturated heterocycles. The van der Waals surface area contributed by atoms with Gasteiger partial charge in [0, 0.05) is 7.14 Å². The van der Waals surface area contributed by atoms with E-state index in [1.165, 1.54) is 12.1 Å². The second kappa shape index (κ2) is 6.91. The monoisotopic (exact) mass is 585 g/mol. The highest BCUT2D eigenvalue weighted by molar-refractivity contribution is 14.1. The number of nitrogens with one attached hydrogen (secondary N) is 1. The van der Waals surface area contributed by atoms with Gasteiger partial charge in [0.2, 0.25) is 6.04 Å². The van der Waals surface area contributed by atoms with Crippen molar-refractivity contribution in [2.45, 2.75) is 17.5 Å². The number of halogens is 7. The minimum atomic E-state index is -6.40. The molecule has 0 spiro atoms. The van der Waals surface area contributed by atoms with Crippen LogP contribution in [0.2, 0.25) is 0 Å². The molecule has 0 radical (unpaired) electrons. The average Bonchev–Trinajstić information content (AvgIpc) is 2.35. The highest BCUT2D eigenvalue weighted by Crippen LogP contribution is 2.36. The first kappa shape index (κ1) is 20.8. The molecule has 0 heterocycles. The molecule has 1 amide bonds. The molecular weight excluding hydrogens is 579 g/mol. The van der Waals surface area contributed by atoms with Gasteiger partial charge in [0.25, 0.3) is 5.91 Å². The Hall–Kier alpha value is -0.290. The molecule has 13 heteroatoms. The van der Waals surface area contributed by atoms with Crippen molar-refractivity contribution in [2.75, 3.05) is 0 Å². The summed E-state index contributed by atoms with van der Waals surface area (Å²) < 4.78 is 94.9. The third-order valence-corrected chi connectivity index (χ3v) is 4.99. The second-order valence-electron chi connectivity index (χ2n) is 4.11. The van der Waals surface area contributed by atoms with Crippen LogP contribution in [0.5, 0.6) is 0 Å². The topological polar surface area (TPSA) is 83.5 Å². The molecule has 1 aromatic rings. The van der Waals surface area contributed by atoms with Crippen LogP contribution in [0.4, 0.5) is 22.0 Å². The first-order valence-electron chi connectivity index (χ1n) is 5.35. The maximum Gasteiger partial charge on any atom is 0.415 e. The number of alkyl halides is 5. The van der Waals surface area contributed by atoms with Gasteiger partial charge in [-0.1, -0.05) is 0 Å². The molecule has 0 bridgehead atoms. The molecule has 1 atom stereocenters. The predicted octanol–water partition coefficient (Wildman–Crippen LogP) is 3.04. The number of hydrogen-bond donors (Lipinski definition) is 2. The van der Waals surface area contributed by atoms with Crippen LogP contribution in [0.25, 0.3) is 0 Å². The lowest BCUT2D eigenvalue weighted by molar-refractivity contribution is -0.191. The molecule has 5 nitrogen and oxygen atoms in total. The van der Waals surface area contributed by atoms with E-state index in [-0.39, 0.29) is 9.13 Å². The van der Waals surface area contributed by atoms with Gasteiger partial charge in [-0.05, 0) is 63.4 Å². The fourth-order valence-corrected chi connectivity index (χ4v) is 2.95.